The van der Waals surface area contributed by atoms with Crippen LogP contribution >= 0.6 is 0 Å². The maximum absolute atomic E-state index is 11.8. The van der Waals surface area contributed by atoms with Gasteiger partial charge in [0, 0.05) is 32.3 Å². The van der Waals surface area contributed by atoms with Crippen molar-refractivity contribution in [3.05, 3.63) is 33.9 Å². The first-order valence-electron chi connectivity index (χ1n) is 5.89. The van der Waals surface area contributed by atoms with Crippen LogP contribution < -0.4 is 10.2 Å². The minimum Gasteiger partial charge on any atom is -0.371 e. The van der Waals surface area contributed by atoms with Crippen LogP contribution in [0.4, 0.5) is 11.4 Å². The summed E-state index contributed by atoms with van der Waals surface area (Å²) >= 11 is 0. The number of carbonyl (C=O) groups is 1. The fourth-order valence-electron chi connectivity index (χ4n) is 2.19. The first kappa shape index (κ1) is 12.3. The second-order valence-corrected chi connectivity index (χ2v) is 4.23. The van der Waals surface area contributed by atoms with E-state index in [2.05, 4.69) is 10.2 Å². The van der Waals surface area contributed by atoms with Gasteiger partial charge < -0.3 is 10.2 Å². The van der Waals surface area contributed by atoms with Crippen molar-refractivity contribution in [2.45, 2.75) is 12.8 Å². The first-order chi connectivity index (χ1) is 8.63. The van der Waals surface area contributed by atoms with E-state index in [0.717, 1.165) is 31.6 Å². The molecule has 1 heterocycles. The zero-order valence-electron chi connectivity index (χ0n) is 10.2. The monoisotopic (exact) mass is 249 g/mol. The van der Waals surface area contributed by atoms with E-state index in [9.17, 15) is 14.9 Å². The minimum absolute atomic E-state index is 0.0588. The van der Waals surface area contributed by atoms with Crippen LogP contribution in [0.25, 0.3) is 0 Å². The molecule has 0 aliphatic carbocycles. The molecule has 1 fully saturated rings. The summed E-state index contributed by atoms with van der Waals surface area (Å²) in [6.45, 7) is 1.78. The van der Waals surface area contributed by atoms with Crippen molar-refractivity contribution in [3.8, 4) is 0 Å². The molecule has 0 bridgehead atoms. The van der Waals surface area contributed by atoms with Gasteiger partial charge in [-0.3, -0.25) is 14.9 Å². The van der Waals surface area contributed by atoms with Gasteiger partial charge in [0.1, 0.15) is 0 Å². The molecule has 1 aliphatic rings. The Morgan fingerprint density at radius 3 is 2.61 bits per heavy atom. The van der Waals surface area contributed by atoms with Crippen LogP contribution in [0.15, 0.2) is 18.2 Å². The van der Waals surface area contributed by atoms with Crippen LogP contribution in [0.1, 0.15) is 23.2 Å². The van der Waals surface area contributed by atoms with E-state index in [4.69, 9.17) is 0 Å². The second-order valence-electron chi connectivity index (χ2n) is 4.23. The summed E-state index contributed by atoms with van der Waals surface area (Å²) < 4.78 is 0. The first-order valence-corrected chi connectivity index (χ1v) is 5.89. The molecule has 0 unspecified atom stereocenters. The van der Waals surface area contributed by atoms with Gasteiger partial charge in [0.15, 0.2) is 0 Å². The molecule has 0 atom stereocenters. The highest BCUT2D eigenvalue weighted by atomic mass is 16.6. The van der Waals surface area contributed by atoms with Gasteiger partial charge in [0.2, 0.25) is 0 Å². The molecule has 6 nitrogen and oxygen atoms in total. The molecular weight excluding hydrogens is 234 g/mol. The molecule has 0 saturated carbocycles. The zero-order valence-corrected chi connectivity index (χ0v) is 10.2. The number of nitrogens with zero attached hydrogens (tertiary/aromatic N) is 2. The van der Waals surface area contributed by atoms with E-state index in [0.29, 0.717) is 5.56 Å². The lowest BCUT2D eigenvalue weighted by Gasteiger charge is -2.20. The van der Waals surface area contributed by atoms with E-state index in [-0.39, 0.29) is 11.6 Å². The zero-order chi connectivity index (χ0) is 13.1. The number of carbonyl (C=O) groups excluding carboxylic acids is 1. The van der Waals surface area contributed by atoms with Crippen molar-refractivity contribution in [1.82, 2.24) is 5.32 Å². The van der Waals surface area contributed by atoms with Crippen molar-refractivity contribution in [2.75, 3.05) is 25.0 Å². The molecule has 0 spiro atoms. The Hall–Kier alpha value is -2.11. The smallest absolute Gasteiger partial charge is 0.270 e. The summed E-state index contributed by atoms with van der Waals surface area (Å²) in [7, 11) is 1.52. The van der Waals surface area contributed by atoms with E-state index < -0.39 is 4.92 Å². The third-order valence-corrected chi connectivity index (χ3v) is 3.11. The fraction of sp³-hybridized carbons (Fsp3) is 0.417. The van der Waals surface area contributed by atoms with Crippen molar-refractivity contribution < 1.29 is 9.72 Å². The Kier molecular flexibility index (Phi) is 3.45. The van der Waals surface area contributed by atoms with Crippen LogP contribution in [0, 0.1) is 10.1 Å². The topological polar surface area (TPSA) is 75.5 Å². The van der Waals surface area contributed by atoms with Gasteiger partial charge in [-0.1, -0.05) is 0 Å². The molecule has 1 aliphatic heterocycles. The number of anilines is 1. The summed E-state index contributed by atoms with van der Waals surface area (Å²) in [5, 5.41) is 13.3. The molecule has 0 aromatic heterocycles. The Morgan fingerprint density at radius 2 is 2.06 bits per heavy atom. The molecule has 96 valence electrons. The average molecular weight is 249 g/mol. The van der Waals surface area contributed by atoms with Gasteiger partial charge in [-0.15, -0.1) is 0 Å². The average Bonchev–Trinajstić information content (AvgIpc) is 2.90. The molecule has 0 radical (unpaired) electrons. The molecule has 6 heteroatoms. The number of hydrogen-bond donors (Lipinski definition) is 1. The Bertz CT molecular complexity index is 481. The van der Waals surface area contributed by atoms with Crippen LogP contribution in [0.3, 0.4) is 0 Å². The lowest BCUT2D eigenvalue weighted by Crippen LogP contribution is -2.25. The largest absolute Gasteiger partial charge is 0.371 e. The molecule has 1 aromatic carbocycles. The number of nitrogens with one attached hydrogen (secondary N) is 1. The van der Waals surface area contributed by atoms with E-state index in [1.54, 1.807) is 6.07 Å². The van der Waals surface area contributed by atoms with Gasteiger partial charge in [-0.25, -0.2) is 0 Å². The van der Waals surface area contributed by atoms with Gasteiger partial charge in [-0.05, 0) is 18.9 Å². The number of nitro groups is 1. The molecule has 1 aromatic rings. The Labute approximate surface area is 105 Å². The summed E-state index contributed by atoms with van der Waals surface area (Å²) in [4.78, 5) is 24.2. The van der Waals surface area contributed by atoms with Crippen molar-refractivity contribution >= 4 is 17.3 Å². The van der Waals surface area contributed by atoms with Crippen LogP contribution in [0.5, 0.6) is 0 Å². The molecule has 2 rings (SSSR count). The molecule has 1 saturated heterocycles. The maximum Gasteiger partial charge on any atom is 0.270 e. The summed E-state index contributed by atoms with van der Waals surface area (Å²) in [6, 6.07) is 4.45. The van der Waals surface area contributed by atoms with Crippen molar-refractivity contribution in [1.29, 1.82) is 0 Å². The molecule has 18 heavy (non-hydrogen) atoms. The van der Waals surface area contributed by atoms with Crippen LogP contribution in [-0.4, -0.2) is 31.0 Å². The summed E-state index contributed by atoms with van der Waals surface area (Å²) in [5.41, 5.74) is 1.09. The molecular formula is C12H15N3O3. The Morgan fingerprint density at radius 1 is 1.39 bits per heavy atom. The number of benzene rings is 1. The normalized spacial score (nSPS) is 14.6. The lowest BCUT2D eigenvalue weighted by molar-refractivity contribution is -0.384. The number of nitro benzene ring substituents is 1. The predicted molar refractivity (Wildman–Crippen MR) is 67.9 cm³/mol. The molecule has 1 N–H and O–H groups in total. The predicted octanol–water partition coefficient (Wildman–Crippen LogP) is 1.55. The highest BCUT2D eigenvalue weighted by molar-refractivity contribution is 6.00. The summed E-state index contributed by atoms with van der Waals surface area (Å²) in [6.07, 6.45) is 2.17. The minimum atomic E-state index is -0.486. The quantitative estimate of drug-likeness (QED) is 0.651. The fourth-order valence-corrected chi connectivity index (χ4v) is 2.19. The van der Waals surface area contributed by atoms with Gasteiger partial charge in [0.05, 0.1) is 16.2 Å². The number of amides is 1. The van der Waals surface area contributed by atoms with Gasteiger partial charge >= 0.3 is 0 Å². The Balaban J connectivity index is 2.44. The number of rotatable bonds is 3. The second kappa shape index (κ2) is 5.03. The summed E-state index contributed by atoms with van der Waals surface area (Å²) in [5.74, 6) is -0.291. The van der Waals surface area contributed by atoms with Crippen LogP contribution in [0.2, 0.25) is 0 Å². The van der Waals surface area contributed by atoms with E-state index >= 15 is 0 Å². The van der Waals surface area contributed by atoms with Crippen molar-refractivity contribution in [3.63, 3.8) is 0 Å². The lowest BCUT2D eigenvalue weighted by atomic mass is 10.1. The maximum atomic E-state index is 11.8. The molecule has 1 amide bonds. The number of non-ortho nitro benzene ring substituents is 1. The highest BCUT2D eigenvalue weighted by Gasteiger charge is 2.21. The third-order valence-electron chi connectivity index (χ3n) is 3.11. The SMILES string of the molecule is CNC(=O)c1cc([N+](=O)[O-])ccc1N1CCCC1. The van der Waals surface area contributed by atoms with Crippen LogP contribution in [-0.2, 0) is 0 Å². The standard InChI is InChI=1S/C12H15N3O3/c1-13-12(16)10-8-9(15(17)18)4-5-11(10)14-6-2-3-7-14/h4-5,8H,2-3,6-7H2,1H3,(H,13,16). The third kappa shape index (κ3) is 2.27. The highest BCUT2D eigenvalue weighted by Crippen LogP contribution is 2.28. The van der Waals surface area contributed by atoms with Gasteiger partial charge in [-0.2, -0.15) is 0 Å². The number of hydrogen-bond acceptors (Lipinski definition) is 4. The van der Waals surface area contributed by atoms with Crippen molar-refractivity contribution in [2.24, 2.45) is 0 Å². The van der Waals surface area contributed by atoms with E-state index in [1.165, 1.54) is 19.2 Å². The van der Waals surface area contributed by atoms with E-state index in [1.807, 2.05) is 0 Å². The van der Waals surface area contributed by atoms with Gasteiger partial charge in [0.25, 0.3) is 11.6 Å².